The summed E-state index contributed by atoms with van der Waals surface area (Å²) in [5.74, 6) is 0. The van der Waals surface area contributed by atoms with E-state index in [0.29, 0.717) is 6.04 Å². The van der Waals surface area contributed by atoms with Gasteiger partial charge in [0.1, 0.15) is 0 Å². The van der Waals surface area contributed by atoms with Crippen molar-refractivity contribution in [1.29, 1.82) is 0 Å². The molecule has 0 radical (unpaired) electrons. The lowest BCUT2D eigenvalue weighted by atomic mass is 10.2. The summed E-state index contributed by atoms with van der Waals surface area (Å²) in [5.41, 5.74) is 1.17. The second-order valence-electron chi connectivity index (χ2n) is 5.46. The van der Waals surface area contributed by atoms with Gasteiger partial charge in [0.2, 0.25) is 0 Å². The molecule has 4 nitrogen and oxygen atoms in total. The van der Waals surface area contributed by atoms with E-state index in [9.17, 15) is 0 Å². The summed E-state index contributed by atoms with van der Waals surface area (Å²) in [7, 11) is 4.39. The Morgan fingerprint density at radius 2 is 2.42 bits per heavy atom. The maximum Gasteiger partial charge on any atom is 0.185 e. The Bertz CT molecular complexity index is 379. The van der Waals surface area contributed by atoms with Gasteiger partial charge in [0, 0.05) is 31.6 Å². The largest absolute Gasteiger partial charge is 0.350 e. The Kier molecular flexibility index (Phi) is 5.60. The molecule has 1 saturated heterocycles. The van der Waals surface area contributed by atoms with Crippen molar-refractivity contribution in [1.82, 2.24) is 15.2 Å². The van der Waals surface area contributed by atoms with Gasteiger partial charge in [-0.15, -0.1) is 11.3 Å². The number of rotatable bonds is 7. The summed E-state index contributed by atoms with van der Waals surface area (Å²) in [6.07, 6.45) is 3.82. The molecule has 0 aromatic carbocycles. The van der Waals surface area contributed by atoms with Gasteiger partial charge in [-0.3, -0.25) is 0 Å². The fourth-order valence-electron chi connectivity index (χ4n) is 2.55. The normalized spacial score (nSPS) is 20.1. The average molecular weight is 282 g/mol. The van der Waals surface area contributed by atoms with E-state index in [-0.39, 0.29) is 0 Å². The number of hydrogen-bond donors (Lipinski definition) is 1. The van der Waals surface area contributed by atoms with Gasteiger partial charge in [-0.25, -0.2) is 4.98 Å². The second-order valence-corrected chi connectivity index (χ2v) is 6.29. The lowest BCUT2D eigenvalue weighted by Crippen LogP contribution is -2.36. The molecule has 0 bridgehead atoms. The molecule has 1 aromatic rings. The van der Waals surface area contributed by atoms with E-state index >= 15 is 0 Å². The molecule has 1 fully saturated rings. The fraction of sp³-hybridized carbons (Fsp3) is 0.786. The Morgan fingerprint density at radius 1 is 1.58 bits per heavy atom. The Morgan fingerprint density at radius 3 is 3.11 bits per heavy atom. The molecule has 2 heterocycles. The standard InChI is InChI=1S/C14H26N4S/c1-4-7-15-9-12-11-19-14(16-12)18(3)10-13-6-5-8-17(13)2/h11,13,15H,4-10H2,1-3H3. The summed E-state index contributed by atoms with van der Waals surface area (Å²) in [5, 5.41) is 6.72. The molecule has 1 aromatic heterocycles. The second kappa shape index (κ2) is 7.22. The topological polar surface area (TPSA) is 31.4 Å². The maximum atomic E-state index is 4.71. The minimum Gasteiger partial charge on any atom is -0.350 e. The zero-order valence-corrected chi connectivity index (χ0v) is 13.2. The van der Waals surface area contributed by atoms with E-state index in [0.717, 1.165) is 24.8 Å². The molecule has 2 rings (SSSR count). The van der Waals surface area contributed by atoms with E-state index in [1.807, 2.05) is 0 Å². The van der Waals surface area contributed by atoms with E-state index in [1.165, 1.54) is 31.5 Å². The van der Waals surface area contributed by atoms with Crippen molar-refractivity contribution in [2.24, 2.45) is 0 Å². The summed E-state index contributed by atoms with van der Waals surface area (Å²) < 4.78 is 0. The van der Waals surface area contributed by atoms with E-state index in [4.69, 9.17) is 4.98 Å². The monoisotopic (exact) mass is 282 g/mol. The predicted molar refractivity (Wildman–Crippen MR) is 83.0 cm³/mol. The van der Waals surface area contributed by atoms with E-state index < -0.39 is 0 Å². The molecule has 1 unspecified atom stereocenters. The molecular formula is C14H26N4S. The molecule has 0 spiro atoms. The third kappa shape index (κ3) is 4.16. The van der Waals surface area contributed by atoms with Gasteiger partial charge in [0.25, 0.3) is 0 Å². The van der Waals surface area contributed by atoms with Crippen molar-refractivity contribution in [3.8, 4) is 0 Å². The van der Waals surface area contributed by atoms with Gasteiger partial charge in [0.05, 0.1) is 5.69 Å². The molecule has 19 heavy (non-hydrogen) atoms. The molecule has 0 saturated carbocycles. The van der Waals surface area contributed by atoms with Crippen molar-refractivity contribution in [2.45, 2.75) is 38.8 Å². The van der Waals surface area contributed by atoms with Gasteiger partial charge >= 0.3 is 0 Å². The van der Waals surface area contributed by atoms with Crippen LogP contribution in [0.3, 0.4) is 0 Å². The molecule has 5 heteroatoms. The van der Waals surface area contributed by atoms with Crippen molar-refractivity contribution in [3.05, 3.63) is 11.1 Å². The molecule has 108 valence electrons. The quantitative estimate of drug-likeness (QED) is 0.777. The molecule has 1 aliphatic rings. The van der Waals surface area contributed by atoms with Gasteiger partial charge in [-0.1, -0.05) is 6.92 Å². The van der Waals surface area contributed by atoms with Crippen molar-refractivity contribution >= 4 is 16.5 Å². The molecule has 1 aliphatic heterocycles. The lowest BCUT2D eigenvalue weighted by Gasteiger charge is -2.25. The number of likely N-dealkylation sites (N-methyl/N-ethyl adjacent to an activating group) is 2. The number of nitrogens with one attached hydrogen (secondary N) is 1. The zero-order chi connectivity index (χ0) is 13.7. The zero-order valence-electron chi connectivity index (χ0n) is 12.4. The first-order chi connectivity index (χ1) is 9.20. The molecule has 0 amide bonds. The summed E-state index contributed by atoms with van der Waals surface area (Å²) in [4.78, 5) is 9.48. The van der Waals surface area contributed by atoms with Gasteiger partial charge in [0.15, 0.2) is 5.13 Å². The number of likely N-dealkylation sites (tertiary alicyclic amines) is 1. The minimum atomic E-state index is 0.690. The first-order valence-corrected chi connectivity index (χ1v) is 8.15. The highest BCUT2D eigenvalue weighted by Crippen LogP contribution is 2.22. The van der Waals surface area contributed by atoms with Crippen molar-refractivity contribution in [3.63, 3.8) is 0 Å². The molecule has 0 aliphatic carbocycles. The third-order valence-corrected chi connectivity index (χ3v) is 4.76. The first-order valence-electron chi connectivity index (χ1n) is 7.27. The highest BCUT2D eigenvalue weighted by Gasteiger charge is 2.22. The highest BCUT2D eigenvalue weighted by atomic mass is 32.1. The molecule has 1 N–H and O–H groups in total. The predicted octanol–water partition coefficient (Wildman–Crippen LogP) is 2.17. The average Bonchev–Trinajstić information content (AvgIpc) is 3.00. The van der Waals surface area contributed by atoms with Crippen LogP contribution in [0.5, 0.6) is 0 Å². The fourth-order valence-corrected chi connectivity index (χ4v) is 3.35. The van der Waals surface area contributed by atoms with Crippen LogP contribution in [-0.4, -0.2) is 49.7 Å². The Balaban J connectivity index is 1.83. The lowest BCUT2D eigenvalue weighted by molar-refractivity contribution is 0.314. The van der Waals surface area contributed by atoms with E-state index in [2.05, 4.69) is 41.5 Å². The Hall–Kier alpha value is -0.650. The first kappa shape index (κ1) is 14.8. The number of thiazole rings is 1. The third-order valence-electron chi connectivity index (χ3n) is 3.76. The summed E-state index contributed by atoms with van der Waals surface area (Å²) in [6.45, 7) is 6.47. The maximum absolute atomic E-state index is 4.71. The molecule has 1 atom stereocenters. The van der Waals surface area contributed by atoms with Crippen LogP contribution in [-0.2, 0) is 6.54 Å². The Labute approximate surface area is 120 Å². The number of anilines is 1. The van der Waals surface area contributed by atoms with Crippen LogP contribution < -0.4 is 10.2 Å². The number of nitrogens with zero attached hydrogens (tertiary/aromatic N) is 3. The van der Waals surface area contributed by atoms with Crippen molar-refractivity contribution < 1.29 is 0 Å². The van der Waals surface area contributed by atoms with Crippen LogP contribution in [0.15, 0.2) is 5.38 Å². The van der Waals surface area contributed by atoms with Gasteiger partial charge in [-0.2, -0.15) is 0 Å². The van der Waals surface area contributed by atoms with Crippen LogP contribution in [0, 0.1) is 0 Å². The van der Waals surface area contributed by atoms with Gasteiger partial charge < -0.3 is 15.1 Å². The summed E-state index contributed by atoms with van der Waals surface area (Å²) >= 11 is 1.76. The van der Waals surface area contributed by atoms with E-state index in [1.54, 1.807) is 11.3 Å². The van der Waals surface area contributed by atoms with Crippen LogP contribution in [0.25, 0.3) is 0 Å². The van der Waals surface area contributed by atoms with Crippen molar-refractivity contribution in [2.75, 3.05) is 38.6 Å². The van der Waals surface area contributed by atoms with Crippen LogP contribution in [0.2, 0.25) is 0 Å². The minimum absolute atomic E-state index is 0.690. The SMILES string of the molecule is CCCNCc1csc(N(C)CC2CCCN2C)n1. The molecular weight excluding hydrogens is 256 g/mol. The van der Waals surface area contributed by atoms with Crippen LogP contribution in [0.4, 0.5) is 5.13 Å². The number of hydrogen-bond acceptors (Lipinski definition) is 5. The van der Waals surface area contributed by atoms with Gasteiger partial charge in [-0.05, 0) is 39.4 Å². The number of aromatic nitrogens is 1. The summed E-state index contributed by atoms with van der Waals surface area (Å²) in [6, 6.07) is 0.690. The van der Waals surface area contributed by atoms with Crippen LogP contribution in [0.1, 0.15) is 31.9 Å². The van der Waals surface area contributed by atoms with Crippen LogP contribution >= 0.6 is 11.3 Å². The highest BCUT2D eigenvalue weighted by molar-refractivity contribution is 7.13. The smallest absolute Gasteiger partial charge is 0.185 e.